The van der Waals surface area contributed by atoms with Crippen molar-refractivity contribution in [1.29, 1.82) is 0 Å². The summed E-state index contributed by atoms with van der Waals surface area (Å²) in [6.45, 7) is 13.8. The Kier molecular flexibility index (Phi) is 11.3. The van der Waals surface area contributed by atoms with E-state index in [1.54, 1.807) is 26.0 Å². The molecule has 33 heavy (non-hydrogen) atoms. The Morgan fingerprint density at radius 1 is 1.15 bits per heavy atom. The van der Waals surface area contributed by atoms with Gasteiger partial charge in [0.25, 0.3) is 0 Å². The van der Waals surface area contributed by atoms with E-state index in [1.165, 1.54) is 20.8 Å². The number of carbonyl (C=O) groups excluding carboxylic acids is 3. The number of hydrogen-bond donors (Lipinski definition) is 1. The average Bonchev–Trinajstić information content (AvgIpc) is 2.69. The van der Waals surface area contributed by atoms with Gasteiger partial charge in [-0.1, -0.05) is 36.0 Å². The van der Waals surface area contributed by atoms with Crippen LogP contribution in [0.5, 0.6) is 0 Å². The molecule has 0 amide bonds. The highest BCUT2D eigenvalue weighted by Crippen LogP contribution is 2.36. The van der Waals surface area contributed by atoms with Crippen LogP contribution in [0.3, 0.4) is 0 Å². The Bertz CT molecular complexity index is 811. The lowest BCUT2D eigenvalue weighted by atomic mass is 9.77. The van der Waals surface area contributed by atoms with Gasteiger partial charge in [-0.05, 0) is 51.2 Å². The van der Waals surface area contributed by atoms with Gasteiger partial charge < -0.3 is 19.3 Å². The standard InChI is InChI=1S/C26H38O7/c1-17-10-11-24(22(15-31-19(3)27)9-8-12-26(6,7)30)25(16-32-20(4)28)18(2)14-23(13-17)33-21(5)29/h8-9,12-13,23-25,30H,2,10-11,14-16H2,1,3-7H3. The second kappa shape index (κ2) is 13.1. The molecule has 1 aliphatic carbocycles. The highest BCUT2D eigenvalue weighted by Gasteiger charge is 2.31. The zero-order valence-corrected chi connectivity index (χ0v) is 20.7. The van der Waals surface area contributed by atoms with Crippen LogP contribution in [0.1, 0.15) is 60.8 Å². The van der Waals surface area contributed by atoms with Crippen molar-refractivity contribution < 1.29 is 33.7 Å². The number of hydrogen-bond acceptors (Lipinski definition) is 7. The summed E-state index contributed by atoms with van der Waals surface area (Å²) in [5.74, 6) is -1.61. The molecule has 1 N–H and O–H groups in total. The summed E-state index contributed by atoms with van der Waals surface area (Å²) >= 11 is 0. The molecule has 0 saturated carbocycles. The van der Waals surface area contributed by atoms with Crippen molar-refractivity contribution in [1.82, 2.24) is 0 Å². The zero-order chi connectivity index (χ0) is 25.2. The van der Waals surface area contributed by atoms with Gasteiger partial charge in [0.2, 0.25) is 0 Å². The van der Waals surface area contributed by atoms with Crippen molar-refractivity contribution in [3.8, 4) is 0 Å². The Morgan fingerprint density at radius 2 is 1.79 bits per heavy atom. The van der Waals surface area contributed by atoms with Crippen molar-refractivity contribution in [2.24, 2.45) is 11.8 Å². The van der Waals surface area contributed by atoms with Gasteiger partial charge in [0, 0.05) is 33.1 Å². The molecule has 1 aliphatic rings. The Hall–Kier alpha value is -2.67. The van der Waals surface area contributed by atoms with E-state index >= 15 is 0 Å². The maximum atomic E-state index is 11.6. The van der Waals surface area contributed by atoms with E-state index in [0.717, 1.165) is 16.7 Å². The molecule has 0 aromatic rings. The van der Waals surface area contributed by atoms with Crippen LogP contribution < -0.4 is 0 Å². The number of allylic oxidation sites excluding steroid dienone is 3. The van der Waals surface area contributed by atoms with Crippen LogP contribution in [0.15, 0.2) is 47.6 Å². The van der Waals surface area contributed by atoms with Gasteiger partial charge in [-0.15, -0.1) is 0 Å². The van der Waals surface area contributed by atoms with E-state index in [1.807, 2.05) is 19.1 Å². The van der Waals surface area contributed by atoms with Crippen LogP contribution >= 0.6 is 0 Å². The maximum absolute atomic E-state index is 11.6. The molecule has 3 atom stereocenters. The van der Waals surface area contributed by atoms with Crippen LogP contribution in [-0.2, 0) is 28.6 Å². The number of aliphatic hydroxyl groups is 1. The monoisotopic (exact) mass is 462 g/mol. The molecule has 0 aromatic carbocycles. The minimum atomic E-state index is -1.00. The predicted octanol–water partition coefficient (Wildman–Crippen LogP) is 4.22. The fourth-order valence-electron chi connectivity index (χ4n) is 3.78. The second-order valence-corrected chi connectivity index (χ2v) is 9.11. The lowest BCUT2D eigenvalue weighted by molar-refractivity contribution is -0.144. The normalized spacial score (nSPS) is 22.6. The Labute approximate surface area is 197 Å². The van der Waals surface area contributed by atoms with Crippen molar-refractivity contribution >= 4 is 17.9 Å². The van der Waals surface area contributed by atoms with Crippen LogP contribution in [0.4, 0.5) is 0 Å². The first-order chi connectivity index (χ1) is 15.3. The third-order valence-corrected chi connectivity index (χ3v) is 5.31. The third-order valence-electron chi connectivity index (χ3n) is 5.31. The molecule has 7 nitrogen and oxygen atoms in total. The van der Waals surface area contributed by atoms with Gasteiger partial charge in [-0.25, -0.2) is 0 Å². The van der Waals surface area contributed by atoms with Crippen LogP contribution in [0.25, 0.3) is 0 Å². The van der Waals surface area contributed by atoms with Crippen molar-refractivity contribution in [2.45, 2.75) is 72.5 Å². The molecule has 0 spiro atoms. The molecular weight excluding hydrogens is 424 g/mol. The molecule has 1 rings (SSSR count). The number of rotatable bonds is 8. The molecule has 0 heterocycles. The first kappa shape index (κ1) is 28.4. The highest BCUT2D eigenvalue weighted by molar-refractivity contribution is 5.67. The fourth-order valence-corrected chi connectivity index (χ4v) is 3.78. The molecule has 7 heteroatoms. The van der Waals surface area contributed by atoms with E-state index in [0.29, 0.717) is 19.3 Å². The minimum Gasteiger partial charge on any atom is -0.465 e. The van der Waals surface area contributed by atoms with E-state index in [-0.39, 0.29) is 31.0 Å². The molecule has 0 radical (unpaired) electrons. The van der Waals surface area contributed by atoms with Gasteiger partial charge in [0.15, 0.2) is 0 Å². The van der Waals surface area contributed by atoms with E-state index < -0.39 is 23.6 Å². The molecular formula is C26H38O7. The number of esters is 3. The van der Waals surface area contributed by atoms with Gasteiger partial charge in [-0.3, -0.25) is 14.4 Å². The van der Waals surface area contributed by atoms with Gasteiger partial charge in [0.05, 0.1) is 12.2 Å². The van der Waals surface area contributed by atoms with Gasteiger partial charge in [0.1, 0.15) is 12.7 Å². The molecule has 0 aromatic heterocycles. The summed E-state index contributed by atoms with van der Waals surface area (Å²) in [7, 11) is 0. The van der Waals surface area contributed by atoms with Crippen molar-refractivity contribution in [2.75, 3.05) is 13.2 Å². The first-order valence-electron chi connectivity index (χ1n) is 11.2. The topological polar surface area (TPSA) is 99.1 Å². The van der Waals surface area contributed by atoms with Crippen LogP contribution in [0, 0.1) is 11.8 Å². The van der Waals surface area contributed by atoms with Crippen LogP contribution in [-0.4, -0.2) is 47.9 Å². The fraction of sp³-hybridized carbons (Fsp3) is 0.577. The van der Waals surface area contributed by atoms with E-state index in [2.05, 4.69) is 6.58 Å². The van der Waals surface area contributed by atoms with Crippen molar-refractivity contribution in [3.63, 3.8) is 0 Å². The van der Waals surface area contributed by atoms with Crippen LogP contribution in [0.2, 0.25) is 0 Å². The largest absolute Gasteiger partial charge is 0.465 e. The van der Waals surface area contributed by atoms with E-state index in [4.69, 9.17) is 14.2 Å². The molecule has 3 unspecified atom stereocenters. The Morgan fingerprint density at radius 3 is 2.33 bits per heavy atom. The molecule has 0 bridgehead atoms. The molecule has 184 valence electrons. The summed E-state index contributed by atoms with van der Waals surface area (Å²) in [4.78, 5) is 34.7. The predicted molar refractivity (Wildman–Crippen MR) is 126 cm³/mol. The average molecular weight is 463 g/mol. The van der Waals surface area contributed by atoms with Gasteiger partial charge in [-0.2, -0.15) is 0 Å². The van der Waals surface area contributed by atoms with E-state index in [9.17, 15) is 19.5 Å². The molecule has 0 fully saturated rings. The lowest BCUT2D eigenvalue weighted by Crippen LogP contribution is -2.28. The summed E-state index contributed by atoms with van der Waals surface area (Å²) in [5, 5.41) is 10.0. The summed E-state index contributed by atoms with van der Waals surface area (Å²) in [5.41, 5.74) is 1.66. The zero-order valence-electron chi connectivity index (χ0n) is 20.7. The van der Waals surface area contributed by atoms with Crippen molar-refractivity contribution in [3.05, 3.63) is 47.6 Å². The quantitative estimate of drug-likeness (QED) is 0.250. The molecule has 0 saturated heterocycles. The lowest BCUT2D eigenvalue weighted by Gasteiger charge is -2.31. The summed E-state index contributed by atoms with van der Waals surface area (Å²) < 4.78 is 16.2. The third kappa shape index (κ3) is 11.7. The maximum Gasteiger partial charge on any atom is 0.303 e. The summed E-state index contributed by atoms with van der Waals surface area (Å²) in [6, 6.07) is 0. The SMILES string of the molecule is C=C1CC(OC(C)=O)C=C(C)CCC(C(=CC=CC(C)(C)O)COC(C)=O)C1COC(C)=O. The minimum absolute atomic E-state index is 0.0657. The first-order valence-corrected chi connectivity index (χ1v) is 11.2. The number of ether oxygens (including phenoxy) is 3. The Balaban J connectivity index is 3.42. The van der Waals surface area contributed by atoms with Gasteiger partial charge >= 0.3 is 17.9 Å². The highest BCUT2D eigenvalue weighted by atomic mass is 16.5. The number of carbonyl (C=O) groups is 3. The smallest absolute Gasteiger partial charge is 0.303 e. The second-order valence-electron chi connectivity index (χ2n) is 9.11. The summed E-state index contributed by atoms with van der Waals surface area (Å²) in [6.07, 6.45) is 8.48. The molecule has 0 aliphatic heterocycles.